The van der Waals surface area contributed by atoms with Crippen LogP contribution >= 0.6 is 0 Å². The molecule has 53 heavy (non-hydrogen) atoms. The molecule has 0 amide bonds. The van der Waals surface area contributed by atoms with Crippen LogP contribution in [0.3, 0.4) is 0 Å². The monoisotopic (exact) mass is 973 g/mol. The molecule has 0 saturated heterocycles. The average molecular weight is 973 g/mol. The maximum absolute atomic E-state index is 14.2. The molecule has 0 heterocycles. The van der Waals surface area contributed by atoms with Gasteiger partial charge < -0.3 is 43.8 Å². The van der Waals surface area contributed by atoms with Crippen molar-refractivity contribution in [3.05, 3.63) is 0 Å². The summed E-state index contributed by atoms with van der Waals surface area (Å²) in [7, 11) is 0.784. The van der Waals surface area contributed by atoms with Gasteiger partial charge in [0, 0.05) is 6.42 Å². The Morgan fingerprint density at radius 3 is 0.868 bits per heavy atom. The first-order chi connectivity index (χ1) is 22.2. The van der Waals surface area contributed by atoms with Gasteiger partial charge in [-0.3, -0.25) is 0 Å². The van der Waals surface area contributed by atoms with Gasteiger partial charge in [0.15, 0.2) is 0 Å². The van der Waals surface area contributed by atoms with Crippen molar-refractivity contribution in [2.45, 2.75) is 89.8 Å². The minimum Gasteiger partial charge on any atom is -1.00 e. The zero-order valence-corrected chi connectivity index (χ0v) is 26.8. The molecule has 0 aromatic carbocycles. The van der Waals surface area contributed by atoms with Crippen LogP contribution in [0.2, 0.25) is 0 Å². The Kier molecular flexibility index (Phi) is 15.1. The summed E-state index contributed by atoms with van der Waals surface area (Å²) in [6.07, 6.45) is -24.0. The van der Waals surface area contributed by atoms with Crippen LogP contribution in [0.25, 0.3) is 0 Å². The molecule has 0 aliphatic rings. The summed E-state index contributed by atoms with van der Waals surface area (Å²) in [6.45, 7) is -4.91. The van der Waals surface area contributed by atoms with Crippen molar-refractivity contribution in [3.8, 4) is 0 Å². The van der Waals surface area contributed by atoms with Crippen LogP contribution in [-0.2, 0) is 0 Å². The van der Waals surface area contributed by atoms with E-state index < -0.39 is 127 Å². The van der Waals surface area contributed by atoms with Crippen LogP contribution in [0.1, 0.15) is 6.42 Å². The number of hydrogen-bond donors (Lipinski definition) is 3. The average Bonchev–Trinajstić information content (AvgIpc) is 2.89. The highest BCUT2D eigenvalue weighted by atomic mass is 127. The Morgan fingerprint density at radius 2 is 0.642 bits per heavy atom. The molecule has 0 radical (unpaired) electrons. The third-order valence-corrected chi connectivity index (χ3v) is 7.25. The molecule has 0 spiro atoms. The van der Waals surface area contributed by atoms with E-state index in [1.165, 1.54) is 0 Å². The van der Waals surface area contributed by atoms with E-state index in [1.54, 1.807) is 0 Å². The Morgan fingerprint density at radius 1 is 0.415 bits per heavy atom. The van der Waals surface area contributed by atoms with Gasteiger partial charge in [0.2, 0.25) is 0 Å². The lowest BCUT2D eigenvalue weighted by molar-refractivity contribution is -0.913. The molecule has 3 N–H and O–H groups in total. The Labute approximate surface area is 292 Å². The predicted octanol–water partition coefficient (Wildman–Crippen LogP) is 4.36. The molecule has 0 aliphatic carbocycles. The number of likely N-dealkylation sites (N-methyl/N-ethyl adjacent to an activating group) is 1. The molecular weight excluding hydrogens is 954 g/mol. The molecule has 32 heteroatoms. The Bertz CT molecular complexity index is 1210. The normalized spacial score (nSPS) is 16.8. The zero-order chi connectivity index (χ0) is 42.8. The minimum atomic E-state index is -9.89. The van der Waals surface area contributed by atoms with Gasteiger partial charge in [-0.25, -0.2) is 4.39 Å². The zero-order valence-electron chi connectivity index (χ0n) is 24.7. The number of rotatable bonds is 18. The van der Waals surface area contributed by atoms with Crippen molar-refractivity contribution in [1.82, 2.24) is 0 Å². The number of aliphatic hydroxyl groups excluding tert-OH is 3. The first kappa shape index (κ1) is 53.8. The predicted molar refractivity (Wildman–Crippen MR) is 111 cm³/mol. The molecular formula is C21H19F27INO3. The van der Waals surface area contributed by atoms with Crippen LogP contribution in [0.5, 0.6) is 0 Å². The molecule has 0 fully saturated rings. The van der Waals surface area contributed by atoms with Crippen LogP contribution < -0.4 is 24.0 Å². The van der Waals surface area contributed by atoms with Crippen molar-refractivity contribution in [2.75, 3.05) is 39.9 Å². The summed E-state index contributed by atoms with van der Waals surface area (Å²) < 4.78 is 367. The number of hydrogen-bond acceptors (Lipinski definition) is 3. The number of nitrogens with zero attached hydrogens (tertiary/aromatic N) is 1. The van der Waals surface area contributed by atoms with Crippen LogP contribution in [0.15, 0.2) is 0 Å². The lowest BCUT2D eigenvalue weighted by Gasteiger charge is -2.46. The Balaban J connectivity index is 0. The largest absolute Gasteiger partial charge is 1.00 e. The second-order valence-electron chi connectivity index (χ2n) is 11.1. The molecule has 1 atom stereocenters. The van der Waals surface area contributed by atoms with Crippen LogP contribution in [-0.4, -0.2) is 143 Å². The van der Waals surface area contributed by atoms with Gasteiger partial charge in [-0.2, -0.15) is 114 Å². The molecule has 0 aromatic heterocycles. The minimum absolute atomic E-state index is 0. The maximum Gasteiger partial charge on any atom is 0.438 e. The third-order valence-electron chi connectivity index (χ3n) is 7.25. The number of aliphatic hydroxyl groups is 3. The van der Waals surface area contributed by atoms with Gasteiger partial charge in [-0.15, -0.1) is 0 Å². The highest BCUT2D eigenvalue weighted by Gasteiger charge is 3.01. The fraction of sp³-hybridized carbons (Fsp3) is 1.00. The first-order valence-corrected chi connectivity index (χ1v) is 12.6. The third kappa shape index (κ3) is 7.73. The molecule has 0 aromatic rings. The van der Waals surface area contributed by atoms with Gasteiger partial charge in [0.05, 0.1) is 20.3 Å². The summed E-state index contributed by atoms with van der Waals surface area (Å²) in [5.74, 6) is -92.8. The molecule has 4 nitrogen and oxygen atoms in total. The van der Waals surface area contributed by atoms with E-state index in [0.717, 1.165) is 7.05 Å². The van der Waals surface area contributed by atoms with E-state index in [1.807, 2.05) is 0 Å². The van der Waals surface area contributed by atoms with Crippen molar-refractivity contribution in [1.29, 1.82) is 0 Å². The molecule has 1 unspecified atom stereocenters. The topological polar surface area (TPSA) is 60.7 Å². The summed E-state index contributed by atoms with van der Waals surface area (Å²) in [6, 6.07) is 0. The molecule has 0 rings (SSSR count). The van der Waals surface area contributed by atoms with Crippen LogP contribution in [0, 0.1) is 0 Å². The number of quaternary nitrogens is 1. The van der Waals surface area contributed by atoms with Gasteiger partial charge in [-0.1, -0.05) is 0 Å². The van der Waals surface area contributed by atoms with Gasteiger partial charge in [0.25, 0.3) is 0 Å². The van der Waals surface area contributed by atoms with Gasteiger partial charge in [-0.05, 0) is 0 Å². The highest BCUT2D eigenvalue weighted by molar-refractivity contribution is 5.21. The standard InChI is InChI=1S/C21H19F27NO3.HI/c1-49(2-4-50,3-5-51)7-8(52)6-9(22,23)11(25,26)13(29,30)15(33,34)17(37,38)19(41,42)18(39,40)16(35,36)14(31,32)12(27,28)10(24,20(43,44)45)21(46,47)48;/h8,50-52H,2-7H2,1H3;1H/q+1;/p-1. The van der Waals surface area contributed by atoms with Crippen molar-refractivity contribution >= 4 is 0 Å². The van der Waals surface area contributed by atoms with E-state index in [-0.39, 0.29) is 24.0 Å². The van der Waals surface area contributed by atoms with E-state index >= 15 is 0 Å². The van der Waals surface area contributed by atoms with E-state index in [0.29, 0.717) is 0 Å². The van der Waals surface area contributed by atoms with Crippen molar-refractivity contribution in [2.24, 2.45) is 0 Å². The van der Waals surface area contributed by atoms with E-state index in [9.17, 15) is 124 Å². The lowest BCUT2D eigenvalue weighted by atomic mass is 9.81. The molecule has 0 bridgehead atoms. The maximum atomic E-state index is 14.2. The first-order valence-electron chi connectivity index (χ1n) is 12.6. The molecule has 0 saturated carbocycles. The smallest absolute Gasteiger partial charge is 0.438 e. The van der Waals surface area contributed by atoms with Gasteiger partial charge in [0.1, 0.15) is 25.7 Å². The van der Waals surface area contributed by atoms with Gasteiger partial charge >= 0.3 is 77.2 Å². The fourth-order valence-corrected chi connectivity index (χ4v) is 4.12. The fourth-order valence-electron chi connectivity index (χ4n) is 4.12. The van der Waals surface area contributed by atoms with E-state index in [2.05, 4.69) is 0 Å². The molecule has 322 valence electrons. The summed E-state index contributed by atoms with van der Waals surface area (Å²) in [4.78, 5) is 0. The van der Waals surface area contributed by atoms with Crippen molar-refractivity contribution < 1.29 is 162 Å². The lowest BCUT2D eigenvalue weighted by Crippen LogP contribution is -3.00. The SMILES string of the molecule is C[N+](CCO)(CCO)CC(O)CC(F)(F)C(F)(F)C(F)(F)C(F)(F)C(F)(F)C(F)(F)C(F)(F)C(F)(F)C(F)(F)C(F)(F)C(F)(C(F)(F)F)C(F)(F)F.[I-]. The quantitative estimate of drug-likeness (QED) is 0.109. The number of alkyl halides is 27. The molecule has 0 aliphatic heterocycles. The summed E-state index contributed by atoms with van der Waals surface area (Å²) in [5.41, 5.74) is -9.25. The second kappa shape index (κ2) is 14.9. The summed E-state index contributed by atoms with van der Waals surface area (Å²) in [5, 5.41) is 27.4. The highest BCUT2D eigenvalue weighted by Crippen LogP contribution is 2.69. The van der Waals surface area contributed by atoms with Crippen molar-refractivity contribution in [3.63, 3.8) is 0 Å². The van der Waals surface area contributed by atoms with E-state index in [4.69, 9.17) is 10.2 Å². The van der Waals surface area contributed by atoms with Crippen LogP contribution in [0.4, 0.5) is 119 Å². The summed E-state index contributed by atoms with van der Waals surface area (Å²) >= 11 is 0. The number of halogens is 28. The Hall–Kier alpha value is -1.32. The second-order valence-corrected chi connectivity index (χ2v) is 11.1.